The molecule has 0 amide bonds. The number of nitrogens with one attached hydrogen (secondary N) is 2. The Morgan fingerprint density at radius 1 is 1.37 bits per heavy atom. The smallest absolute Gasteiger partial charge is 0.216 e. The molecule has 0 atom stereocenters. The summed E-state index contributed by atoms with van der Waals surface area (Å²) in [5, 5.41) is 25.3. The van der Waals surface area contributed by atoms with Crippen LogP contribution in [0.15, 0.2) is 30.5 Å². The van der Waals surface area contributed by atoms with Crippen LogP contribution in [-0.2, 0) is 0 Å². The predicted octanol–water partition coefficient (Wildman–Crippen LogP) is 1.24. The minimum atomic E-state index is 0.264. The van der Waals surface area contributed by atoms with Crippen LogP contribution in [0.3, 0.4) is 0 Å². The number of rotatable bonds is 4. The summed E-state index contributed by atoms with van der Waals surface area (Å²) >= 11 is 0. The SMILES string of the molecule is CN(C)c1ccc(N/C=C(/C#N)c2nn[nH]n2)cc1. The number of hydrogen-bond acceptors (Lipinski definition) is 6. The Morgan fingerprint density at radius 2 is 2.11 bits per heavy atom. The largest absolute Gasteiger partial charge is 0.378 e. The van der Waals surface area contributed by atoms with Crippen molar-refractivity contribution in [2.24, 2.45) is 0 Å². The molecular weight excluding hydrogens is 242 g/mol. The summed E-state index contributed by atoms with van der Waals surface area (Å²) in [6.07, 6.45) is 1.55. The molecule has 2 N–H and O–H groups in total. The van der Waals surface area contributed by atoms with Crippen molar-refractivity contribution in [3.05, 3.63) is 36.3 Å². The zero-order valence-corrected chi connectivity index (χ0v) is 10.6. The van der Waals surface area contributed by atoms with E-state index in [-0.39, 0.29) is 5.82 Å². The van der Waals surface area contributed by atoms with Gasteiger partial charge in [-0.15, -0.1) is 10.2 Å². The number of aromatic amines is 1. The van der Waals surface area contributed by atoms with Crippen LogP contribution in [0, 0.1) is 11.3 Å². The maximum Gasteiger partial charge on any atom is 0.216 e. The van der Waals surface area contributed by atoms with E-state index in [2.05, 4.69) is 25.9 Å². The molecule has 0 bridgehead atoms. The maximum atomic E-state index is 9.01. The van der Waals surface area contributed by atoms with Crippen LogP contribution in [0.4, 0.5) is 11.4 Å². The summed E-state index contributed by atoms with van der Waals surface area (Å²) in [6.45, 7) is 0. The standard InChI is InChI=1S/C12H13N7/c1-19(2)11-5-3-10(4-6-11)14-8-9(7-13)12-15-17-18-16-12/h3-6,8,14H,1-2H3,(H,15,16,17,18)/b9-8-. The lowest BCUT2D eigenvalue weighted by Gasteiger charge is -2.12. The Labute approximate surface area is 110 Å². The van der Waals surface area contributed by atoms with E-state index in [0.29, 0.717) is 5.57 Å². The monoisotopic (exact) mass is 255 g/mol. The van der Waals surface area contributed by atoms with Gasteiger partial charge in [0.05, 0.1) is 0 Å². The van der Waals surface area contributed by atoms with Gasteiger partial charge in [-0.1, -0.05) is 0 Å². The average molecular weight is 255 g/mol. The van der Waals surface area contributed by atoms with Crippen LogP contribution in [0.2, 0.25) is 0 Å². The van der Waals surface area contributed by atoms with Crippen LogP contribution in [-0.4, -0.2) is 34.7 Å². The van der Waals surface area contributed by atoms with Crippen molar-refractivity contribution in [3.63, 3.8) is 0 Å². The zero-order valence-electron chi connectivity index (χ0n) is 10.6. The molecule has 0 saturated heterocycles. The van der Waals surface area contributed by atoms with Crippen molar-refractivity contribution in [2.45, 2.75) is 0 Å². The molecule has 1 aromatic carbocycles. The lowest BCUT2D eigenvalue weighted by Crippen LogP contribution is -2.08. The normalized spacial score (nSPS) is 10.9. The van der Waals surface area contributed by atoms with Gasteiger partial charge in [-0.25, -0.2) is 0 Å². The molecule has 2 aromatic rings. The second kappa shape index (κ2) is 5.64. The topological polar surface area (TPSA) is 93.5 Å². The minimum Gasteiger partial charge on any atom is -0.378 e. The fourth-order valence-electron chi connectivity index (χ4n) is 1.43. The van der Waals surface area contributed by atoms with Crippen LogP contribution < -0.4 is 10.2 Å². The summed E-state index contributed by atoms with van der Waals surface area (Å²) in [5.41, 5.74) is 2.29. The molecule has 0 unspecified atom stereocenters. The highest BCUT2D eigenvalue weighted by Gasteiger charge is 2.05. The van der Waals surface area contributed by atoms with E-state index in [1.807, 2.05) is 49.3 Å². The van der Waals surface area contributed by atoms with Crippen molar-refractivity contribution in [3.8, 4) is 6.07 Å². The molecule has 1 heterocycles. The minimum absolute atomic E-state index is 0.264. The van der Waals surface area contributed by atoms with Crippen LogP contribution in [0.25, 0.3) is 5.57 Å². The van der Waals surface area contributed by atoms with Gasteiger partial charge < -0.3 is 10.2 Å². The Kier molecular flexibility index (Phi) is 3.73. The van der Waals surface area contributed by atoms with E-state index in [0.717, 1.165) is 11.4 Å². The zero-order chi connectivity index (χ0) is 13.7. The van der Waals surface area contributed by atoms with Crippen molar-refractivity contribution in [2.75, 3.05) is 24.3 Å². The van der Waals surface area contributed by atoms with E-state index < -0.39 is 0 Å². The van der Waals surface area contributed by atoms with Crippen molar-refractivity contribution < 1.29 is 0 Å². The van der Waals surface area contributed by atoms with Crippen LogP contribution >= 0.6 is 0 Å². The highest BCUT2D eigenvalue weighted by Crippen LogP contribution is 2.16. The number of tetrazole rings is 1. The Hall–Kier alpha value is -2.88. The first-order valence-corrected chi connectivity index (χ1v) is 5.58. The summed E-state index contributed by atoms with van der Waals surface area (Å²) in [5.74, 6) is 0.264. The van der Waals surface area contributed by atoms with Gasteiger partial charge in [-0.3, -0.25) is 0 Å². The first-order chi connectivity index (χ1) is 9.20. The van der Waals surface area contributed by atoms with Gasteiger partial charge in [0.15, 0.2) is 0 Å². The summed E-state index contributed by atoms with van der Waals surface area (Å²) in [6, 6.07) is 9.83. The molecule has 19 heavy (non-hydrogen) atoms. The van der Waals surface area contributed by atoms with Gasteiger partial charge in [-0.05, 0) is 29.5 Å². The first-order valence-electron chi connectivity index (χ1n) is 5.58. The van der Waals surface area contributed by atoms with Gasteiger partial charge in [-0.2, -0.15) is 10.5 Å². The number of allylic oxidation sites excluding steroid dienone is 1. The van der Waals surface area contributed by atoms with Crippen molar-refractivity contribution >= 4 is 16.9 Å². The molecule has 0 saturated carbocycles. The van der Waals surface area contributed by atoms with Gasteiger partial charge >= 0.3 is 0 Å². The third kappa shape index (κ3) is 3.07. The quantitative estimate of drug-likeness (QED) is 0.798. The van der Waals surface area contributed by atoms with Crippen LogP contribution in [0.1, 0.15) is 5.82 Å². The number of benzene rings is 1. The highest BCUT2D eigenvalue weighted by atomic mass is 15.5. The lowest BCUT2D eigenvalue weighted by atomic mass is 10.2. The van der Waals surface area contributed by atoms with E-state index in [1.54, 1.807) is 6.20 Å². The molecule has 7 heteroatoms. The molecule has 0 radical (unpaired) electrons. The predicted molar refractivity (Wildman–Crippen MR) is 72.2 cm³/mol. The third-order valence-corrected chi connectivity index (χ3v) is 2.47. The summed E-state index contributed by atoms with van der Waals surface area (Å²) < 4.78 is 0. The molecule has 2 rings (SSSR count). The molecule has 0 aliphatic carbocycles. The van der Waals surface area contributed by atoms with E-state index >= 15 is 0 Å². The molecule has 0 spiro atoms. The van der Waals surface area contributed by atoms with Crippen molar-refractivity contribution in [1.82, 2.24) is 20.6 Å². The summed E-state index contributed by atoms with van der Waals surface area (Å²) in [4.78, 5) is 2.01. The Bertz CT molecular complexity index is 590. The van der Waals surface area contributed by atoms with Crippen LogP contribution in [0.5, 0.6) is 0 Å². The number of hydrogen-bond donors (Lipinski definition) is 2. The van der Waals surface area contributed by atoms with Gasteiger partial charge in [0.2, 0.25) is 5.82 Å². The van der Waals surface area contributed by atoms with Gasteiger partial charge in [0.1, 0.15) is 11.6 Å². The average Bonchev–Trinajstić information content (AvgIpc) is 2.94. The number of nitriles is 1. The molecular formula is C12H13N7. The number of H-pyrrole nitrogens is 1. The van der Waals surface area contributed by atoms with E-state index in [1.165, 1.54) is 0 Å². The second-order valence-corrected chi connectivity index (χ2v) is 3.99. The van der Waals surface area contributed by atoms with E-state index in [4.69, 9.17) is 5.26 Å². The number of aromatic nitrogens is 4. The molecule has 96 valence electrons. The fraction of sp³-hybridized carbons (Fsp3) is 0.167. The van der Waals surface area contributed by atoms with E-state index in [9.17, 15) is 0 Å². The molecule has 0 fully saturated rings. The Morgan fingerprint density at radius 3 is 2.63 bits per heavy atom. The molecule has 7 nitrogen and oxygen atoms in total. The second-order valence-electron chi connectivity index (χ2n) is 3.99. The fourth-order valence-corrected chi connectivity index (χ4v) is 1.43. The van der Waals surface area contributed by atoms with Crippen molar-refractivity contribution in [1.29, 1.82) is 5.26 Å². The third-order valence-electron chi connectivity index (χ3n) is 2.47. The molecule has 1 aromatic heterocycles. The lowest BCUT2D eigenvalue weighted by molar-refractivity contribution is 0.881. The summed E-state index contributed by atoms with van der Waals surface area (Å²) in [7, 11) is 3.96. The maximum absolute atomic E-state index is 9.01. The highest BCUT2D eigenvalue weighted by molar-refractivity contribution is 5.74. The molecule has 0 aliphatic heterocycles. The number of anilines is 2. The number of nitrogens with zero attached hydrogens (tertiary/aromatic N) is 5. The van der Waals surface area contributed by atoms with Gasteiger partial charge in [0, 0.05) is 31.7 Å². The Balaban J connectivity index is 2.11. The van der Waals surface area contributed by atoms with Gasteiger partial charge in [0.25, 0.3) is 0 Å². The first kappa shape index (κ1) is 12.6. The molecule has 0 aliphatic rings.